The number of rotatable bonds is 3. The second-order valence-corrected chi connectivity index (χ2v) is 3.82. The Hall–Kier alpha value is -0.440. The molecule has 62 valence electrons. The van der Waals surface area contributed by atoms with Gasteiger partial charge in [0.25, 0.3) is 0 Å². The summed E-state index contributed by atoms with van der Waals surface area (Å²) in [6.45, 7) is 6.38. The molecule has 0 spiro atoms. The smallest absolute Gasteiger partial charge is 0.145 e. The van der Waals surface area contributed by atoms with Gasteiger partial charge in [0.1, 0.15) is 10.8 Å². The normalized spacial score (nSPS) is 13.4. The van der Waals surface area contributed by atoms with Crippen molar-refractivity contribution >= 4 is 11.5 Å². The maximum absolute atomic E-state index is 4.34. The van der Waals surface area contributed by atoms with Gasteiger partial charge in [-0.25, -0.2) is 4.98 Å². The number of aryl methyl sites for hydroxylation is 1. The largest absolute Gasteiger partial charge is 0.225 e. The highest BCUT2D eigenvalue weighted by atomic mass is 32.1. The third kappa shape index (κ3) is 2.26. The molecule has 0 saturated carbocycles. The summed E-state index contributed by atoms with van der Waals surface area (Å²) >= 11 is 1.50. The summed E-state index contributed by atoms with van der Waals surface area (Å²) in [4.78, 5) is 4.34. The summed E-state index contributed by atoms with van der Waals surface area (Å²) in [6.07, 6.45) is 2.40. The van der Waals surface area contributed by atoms with E-state index >= 15 is 0 Å². The molecule has 0 amide bonds. The van der Waals surface area contributed by atoms with E-state index in [0.29, 0.717) is 5.92 Å². The molecule has 1 aromatic heterocycles. The lowest BCUT2D eigenvalue weighted by molar-refractivity contribution is 0.634. The van der Waals surface area contributed by atoms with Crippen LogP contribution in [0.15, 0.2) is 0 Å². The zero-order valence-corrected chi connectivity index (χ0v) is 8.11. The first-order chi connectivity index (χ1) is 5.24. The Morgan fingerprint density at radius 3 is 2.73 bits per heavy atom. The van der Waals surface area contributed by atoms with Crippen LogP contribution >= 0.6 is 11.5 Å². The van der Waals surface area contributed by atoms with E-state index in [0.717, 1.165) is 10.8 Å². The van der Waals surface area contributed by atoms with E-state index in [9.17, 15) is 0 Å². The van der Waals surface area contributed by atoms with Gasteiger partial charge in [0.15, 0.2) is 0 Å². The first-order valence-corrected chi connectivity index (χ1v) is 4.81. The quantitative estimate of drug-likeness (QED) is 0.697. The molecule has 1 unspecified atom stereocenters. The highest BCUT2D eigenvalue weighted by molar-refractivity contribution is 7.05. The van der Waals surface area contributed by atoms with E-state index in [1.165, 1.54) is 24.4 Å². The van der Waals surface area contributed by atoms with E-state index in [-0.39, 0.29) is 0 Å². The third-order valence-corrected chi connectivity index (χ3v) is 2.34. The first-order valence-electron chi connectivity index (χ1n) is 4.04. The van der Waals surface area contributed by atoms with Crippen LogP contribution in [0, 0.1) is 6.92 Å². The molecule has 11 heavy (non-hydrogen) atoms. The average Bonchev–Trinajstić information content (AvgIpc) is 2.36. The predicted octanol–water partition coefficient (Wildman–Crippen LogP) is 2.75. The number of aromatic nitrogens is 2. The molecule has 3 heteroatoms. The second-order valence-electron chi connectivity index (χ2n) is 2.86. The SMILES string of the molecule is CCCC(C)c1nsc(C)n1. The summed E-state index contributed by atoms with van der Waals surface area (Å²) in [6, 6.07) is 0. The molecule has 0 aliphatic heterocycles. The van der Waals surface area contributed by atoms with Crippen molar-refractivity contribution in [1.29, 1.82) is 0 Å². The summed E-state index contributed by atoms with van der Waals surface area (Å²) in [7, 11) is 0. The zero-order valence-electron chi connectivity index (χ0n) is 7.29. The third-order valence-electron chi connectivity index (χ3n) is 1.71. The molecule has 0 saturated heterocycles. The van der Waals surface area contributed by atoms with Gasteiger partial charge in [0, 0.05) is 5.92 Å². The van der Waals surface area contributed by atoms with Crippen molar-refractivity contribution in [3.8, 4) is 0 Å². The molecule has 1 aromatic rings. The highest BCUT2D eigenvalue weighted by Gasteiger charge is 2.08. The van der Waals surface area contributed by atoms with Gasteiger partial charge in [-0.2, -0.15) is 4.37 Å². The summed E-state index contributed by atoms with van der Waals surface area (Å²) in [5, 5.41) is 1.07. The Bertz CT molecular complexity index is 220. The highest BCUT2D eigenvalue weighted by Crippen LogP contribution is 2.18. The van der Waals surface area contributed by atoms with Gasteiger partial charge in [0.05, 0.1) is 0 Å². The summed E-state index contributed by atoms with van der Waals surface area (Å²) in [5.41, 5.74) is 0. The standard InChI is InChI=1S/C8H14N2S/c1-4-5-6(2)8-9-7(3)11-10-8/h6H,4-5H2,1-3H3. The maximum Gasteiger partial charge on any atom is 0.145 e. The molecular weight excluding hydrogens is 156 g/mol. The lowest BCUT2D eigenvalue weighted by Gasteiger charge is -2.02. The lowest BCUT2D eigenvalue weighted by atomic mass is 10.1. The van der Waals surface area contributed by atoms with Crippen LogP contribution < -0.4 is 0 Å². The minimum absolute atomic E-state index is 0.532. The van der Waals surface area contributed by atoms with Gasteiger partial charge in [-0.05, 0) is 24.9 Å². The van der Waals surface area contributed by atoms with E-state index in [1.54, 1.807) is 0 Å². The molecule has 0 aromatic carbocycles. The van der Waals surface area contributed by atoms with Crippen molar-refractivity contribution in [2.75, 3.05) is 0 Å². The van der Waals surface area contributed by atoms with Crippen LogP contribution in [-0.2, 0) is 0 Å². The zero-order chi connectivity index (χ0) is 8.27. The first kappa shape index (κ1) is 8.65. The summed E-state index contributed by atoms with van der Waals surface area (Å²) < 4.78 is 4.26. The van der Waals surface area contributed by atoms with Gasteiger partial charge < -0.3 is 0 Å². The molecule has 0 radical (unpaired) electrons. The van der Waals surface area contributed by atoms with Crippen molar-refractivity contribution in [3.05, 3.63) is 10.8 Å². The molecule has 0 N–H and O–H groups in total. The van der Waals surface area contributed by atoms with Crippen LogP contribution in [0.1, 0.15) is 43.4 Å². The predicted molar refractivity (Wildman–Crippen MR) is 48.0 cm³/mol. The van der Waals surface area contributed by atoms with Crippen molar-refractivity contribution < 1.29 is 0 Å². The van der Waals surface area contributed by atoms with Crippen LogP contribution in [0.4, 0.5) is 0 Å². The van der Waals surface area contributed by atoms with E-state index in [2.05, 4.69) is 23.2 Å². The maximum atomic E-state index is 4.34. The van der Waals surface area contributed by atoms with Crippen LogP contribution in [0.3, 0.4) is 0 Å². The van der Waals surface area contributed by atoms with Gasteiger partial charge >= 0.3 is 0 Å². The molecule has 2 nitrogen and oxygen atoms in total. The van der Waals surface area contributed by atoms with E-state index < -0.39 is 0 Å². The van der Waals surface area contributed by atoms with Gasteiger partial charge in [0.2, 0.25) is 0 Å². The molecule has 0 aliphatic rings. The molecule has 0 bridgehead atoms. The fourth-order valence-corrected chi connectivity index (χ4v) is 1.66. The molecule has 0 fully saturated rings. The van der Waals surface area contributed by atoms with Crippen LogP contribution in [0.5, 0.6) is 0 Å². The fraction of sp³-hybridized carbons (Fsp3) is 0.750. The van der Waals surface area contributed by atoms with Crippen molar-refractivity contribution in [3.63, 3.8) is 0 Å². The molecule has 1 heterocycles. The van der Waals surface area contributed by atoms with Crippen LogP contribution in [-0.4, -0.2) is 9.36 Å². The molecule has 1 rings (SSSR count). The van der Waals surface area contributed by atoms with E-state index in [4.69, 9.17) is 0 Å². The molecule has 0 aliphatic carbocycles. The van der Waals surface area contributed by atoms with Gasteiger partial charge in [-0.1, -0.05) is 20.3 Å². The molecule has 1 atom stereocenters. The number of hydrogen-bond donors (Lipinski definition) is 0. The monoisotopic (exact) mass is 170 g/mol. The number of hydrogen-bond acceptors (Lipinski definition) is 3. The Labute approximate surface area is 71.8 Å². The molecular formula is C8H14N2S. The topological polar surface area (TPSA) is 25.8 Å². The lowest BCUT2D eigenvalue weighted by Crippen LogP contribution is -1.94. The minimum atomic E-state index is 0.532. The second kappa shape index (κ2) is 3.81. The Morgan fingerprint density at radius 1 is 1.55 bits per heavy atom. The fourth-order valence-electron chi connectivity index (χ4n) is 1.08. The number of nitrogens with zero attached hydrogens (tertiary/aromatic N) is 2. The van der Waals surface area contributed by atoms with Crippen LogP contribution in [0.25, 0.3) is 0 Å². The average molecular weight is 170 g/mol. The van der Waals surface area contributed by atoms with Crippen LogP contribution in [0.2, 0.25) is 0 Å². The Balaban J connectivity index is 2.60. The van der Waals surface area contributed by atoms with Gasteiger partial charge in [-0.3, -0.25) is 0 Å². The van der Waals surface area contributed by atoms with Crippen molar-refractivity contribution in [1.82, 2.24) is 9.36 Å². The van der Waals surface area contributed by atoms with E-state index in [1.807, 2.05) is 6.92 Å². The minimum Gasteiger partial charge on any atom is -0.225 e. The van der Waals surface area contributed by atoms with Crippen molar-refractivity contribution in [2.45, 2.75) is 39.5 Å². The van der Waals surface area contributed by atoms with Crippen molar-refractivity contribution in [2.24, 2.45) is 0 Å². The summed E-state index contributed by atoms with van der Waals surface area (Å²) in [5.74, 6) is 1.55. The van der Waals surface area contributed by atoms with Gasteiger partial charge in [-0.15, -0.1) is 0 Å². The Morgan fingerprint density at radius 2 is 2.27 bits per heavy atom. The Kier molecular flexibility index (Phi) is 3.00.